The Morgan fingerprint density at radius 2 is 1.21 bits per heavy atom. The van der Waals surface area contributed by atoms with Crippen LogP contribution in [-0.4, -0.2) is 30.1 Å². The highest BCUT2D eigenvalue weighted by Crippen LogP contribution is 2.35. The largest absolute Gasteiger partial charge is 0.329 e. The van der Waals surface area contributed by atoms with Crippen molar-refractivity contribution in [3.63, 3.8) is 0 Å². The molecule has 0 spiro atoms. The van der Waals surface area contributed by atoms with Gasteiger partial charge in [0.15, 0.2) is 0 Å². The molecule has 0 amide bonds. The third-order valence-corrected chi connectivity index (χ3v) is 5.12. The molecule has 24 heavy (non-hydrogen) atoms. The fraction of sp³-hybridized carbons (Fsp3) is 0.455. The molecule has 0 radical (unpaired) electrons. The third kappa shape index (κ3) is 4.06. The predicted molar refractivity (Wildman–Crippen MR) is 104 cm³/mol. The van der Waals surface area contributed by atoms with E-state index in [9.17, 15) is 0 Å². The summed E-state index contributed by atoms with van der Waals surface area (Å²) >= 11 is 0. The first kappa shape index (κ1) is 18.7. The van der Waals surface area contributed by atoms with Gasteiger partial charge in [0.2, 0.25) is 0 Å². The monoisotopic (exact) mass is 324 g/mol. The number of benzene rings is 2. The molecule has 0 saturated heterocycles. The van der Waals surface area contributed by atoms with E-state index in [0.29, 0.717) is 18.6 Å². The number of hydrogen-bond donors (Lipinski definition) is 1. The Balaban J connectivity index is 2.40. The fourth-order valence-corrected chi connectivity index (χ4v) is 3.74. The average Bonchev–Trinajstić information content (AvgIpc) is 2.60. The molecule has 2 heteroatoms. The number of nitrogens with two attached hydrogens (primary N) is 1. The predicted octanol–water partition coefficient (Wildman–Crippen LogP) is 4.44. The van der Waals surface area contributed by atoms with E-state index in [-0.39, 0.29) is 5.41 Å². The Hall–Kier alpha value is -1.64. The van der Waals surface area contributed by atoms with Crippen LogP contribution in [0.4, 0.5) is 0 Å². The van der Waals surface area contributed by atoms with Crippen molar-refractivity contribution in [1.82, 2.24) is 4.90 Å². The second-order valence-corrected chi connectivity index (χ2v) is 7.19. The van der Waals surface area contributed by atoms with Crippen LogP contribution in [-0.2, 0) is 5.41 Å². The fourth-order valence-electron chi connectivity index (χ4n) is 3.74. The summed E-state index contributed by atoms with van der Waals surface area (Å²) in [6.45, 7) is 10.7. The van der Waals surface area contributed by atoms with Crippen molar-refractivity contribution in [2.24, 2.45) is 5.73 Å². The van der Waals surface area contributed by atoms with Crippen LogP contribution < -0.4 is 5.73 Å². The van der Waals surface area contributed by atoms with Crippen molar-refractivity contribution in [3.05, 3.63) is 71.8 Å². The minimum atomic E-state index is -0.134. The SMILES string of the molecule is CC(C)N(CCC(CN)(c1ccccc1)c1ccccc1)C(C)C. The smallest absolute Gasteiger partial charge is 0.0337 e. The lowest BCUT2D eigenvalue weighted by molar-refractivity contribution is 0.162. The van der Waals surface area contributed by atoms with Gasteiger partial charge in [-0.3, -0.25) is 4.90 Å². The highest BCUT2D eigenvalue weighted by Gasteiger charge is 2.33. The summed E-state index contributed by atoms with van der Waals surface area (Å²) in [4.78, 5) is 2.55. The van der Waals surface area contributed by atoms with Gasteiger partial charge < -0.3 is 5.73 Å². The molecule has 0 aromatic heterocycles. The molecule has 0 atom stereocenters. The zero-order valence-electron chi connectivity index (χ0n) is 15.6. The Labute approximate surface area is 147 Å². The zero-order chi connectivity index (χ0) is 17.6. The Kier molecular flexibility index (Phi) is 6.59. The first-order valence-corrected chi connectivity index (χ1v) is 9.08. The van der Waals surface area contributed by atoms with E-state index < -0.39 is 0 Å². The van der Waals surface area contributed by atoms with E-state index in [1.165, 1.54) is 11.1 Å². The summed E-state index contributed by atoms with van der Waals surface area (Å²) in [6, 6.07) is 22.6. The van der Waals surface area contributed by atoms with Crippen molar-refractivity contribution in [1.29, 1.82) is 0 Å². The molecule has 0 fully saturated rings. The maximum Gasteiger partial charge on any atom is 0.0337 e. The average molecular weight is 325 g/mol. The molecular formula is C22H32N2. The van der Waals surface area contributed by atoms with Crippen molar-refractivity contribution in [2.45, 2.75) is 51.6 Å². The lowest BCUT2D eigenvalue weighted by atomic mass is 9.72. The van der Waals surface area contributed by atoms with Crippen LogP contribution in [0.25, 0.3) is 0 Å². The van der Waals surface area contributed by atoms with E-state index in [0.717, 1.165) is 13.0 Å². The maximum absolute atomic E-state index is 6.39. The van der Waals surface area contributed by atoms with Crippen LogP contribution in [0.15, 0.2) is 60.7 Å². The topological polar surface area (TPSA) is 29.3 Å². The van der Waals surface area contributed by atoms with Crippen LogP contribution in [0.5, 0.6) is 0 Å². The van der Waals surface area contributed by atoms with Gasteiger partial charge in [-0.2, -0.15) is 0 Å². The molecule has 130 valence electrons. The first-order valence-electron chi connectivity index (χ1n) is 9.08. The van der Waals surface area contributed by atoms with Crippen LogP contribution in [0, 0.1) is 0 Å². The molecule has 0 aliphatic rings. The highest BCUT2D eigenvalue weighted by atomic mass is 15.2. The zero-order valence-corrected chi connectivity index (χ0v) is 15.6. The second kappa shape index (κ2) is 8.46. The number of hydrogen-bond acceptors (Lipinski definition) is 2. The van der Waals surface area contributed by atoms with E-state index in [1.807, 2.05) is 0 Å². The number of rotatable bonds is 8. The summed E-state index contributed by atoms with van der Waals surface area (Å²) in [5.74, 6) is 0. The molecule has 0 unspecified atom stereocenters. The molecule has 0 saturated carbocycles. The summed E-state index contributed by atoms with van der Waals surface area (Å²) < 4.78 is 0. The summed E-state index contributed by atoms with van der Waals surface area (Å²) in [6.07, 6.45) is 1.02. The van der Waals surface area contributed by atoms with Gasteiger partial charge in [-0.05, 0) is 51.8 Å². The molecule has 2 aromatic rings. The quantitative estimate of drug-likeness (QED) is 0.778. The molecule has 0 heterocycles. The van der Waals surface area contributed by atoms with E-state index in [2.05, 4.69) is 93.3 Å². The molecule has 2 nitrogen and oxygen atoms in total. The van der Waals surface area contributed by atoms with Crippen LogP contribution in [0.1, 0.15) is 45.2 Å². The van der Waals surface area contributed by atoms with E-state index in [1.54, 1.807) is 0 Å². The van der Waals surface area contributed by atoms with Crippen molar-refractivity contribution >= 4 is 0 Å². The lowest BCUT2D eigenvalue weighted by Gasteiger charge is -2.38. The molecule has 0 aliphatic heterocycles. The van der Waals surface area contributed by atoms with Gasteiger partial charge in [0.05, 0.1) is 0 Å². The van der Waals surface area contributed by atoms with Crippen LogP contribution in [0.3, 0.4) is 0 Å². The minimum absolute atomic E-state index is 0.134. The van der Waals surface area contributed by atoms with Crippen LogP contribution in [0.2, 0.25) is 0 Å². The molecular weight excluding hydrogens is 292 g/mol. The van der Waals surface area contributed by atoms with Crippen molar-refractivity contribution in [2.75, 3.05) is 13.1 Å². The van der Waals surface area contributed by atoms with Crippen LogP contribution >= 0.6 is 0 Å². The Morgan fingerprint density at radius 1 is 0.792 bits per heavy atom. The Morgan fingerprint density at radius 3 is 1.54 bits per heavy atom. The molecule has 0 bridgehead atoms. The van der Waals surface area contributed by atoms with E-state index in [4.69, 9.17) is 5.73 Å². The van der Waals surface area contributed by atoms with Gasteiger partial charge in [-0.25, -0.2) is 0 Å². The summed E-state index contributed by atoms with van der Waals surface area (Å²) in [5, 5.41) is 0. The van der Waals surface area contributed by atoms with Crippen molar-refractivity contribution in [3.8, 4) is 0 Å². The molecule has 2 N–H and O–H groups in total. The normalized spacial score (nSPS) is 12.3. The molecule has 2 aromatic carbocycles. The Bertz CT molecular complexity index is 542. The van der Waals surface area contributed by atoms with Gasteiger partial charge in [-0.1, -0.05) is 60.7 Å². The van der Waals surface area contributed by atoms with Gasteiger partial charge in [0.25, 0.3) is 0 Å². The third-order valence-electron chi connectivity index (χ3n) is 5.12. The maximum atomic E-state index is 6.39. The standard InChI is InChI=1S/C22H32N2/c1-18(2)24(19(3)4)16-15-22(17-23,20-11-7-5-8-12-20)21-13-9-6-10-14-21/h5-14,18-19H,15-17,23H2,1-4H3. The van der Waals surface area contributed by atoms with Gasteiger partial charge in [0.1, 0.15) is 0 Å². The summed E-state index contributed by atoms with van der Waals surface area (Å²) in [5.41, 5.74) is 8.88. The second-order valence-electron chi connectivity index (χ2n) is 7.19. The minimum Gasteiger partial charge on any atom is -0.329 e. The number of nitrogens with zero attached hydrogens (tertiary/aromatic N) is 1. The first-order chi connectivity index (χ1) is 11.5. The molecule has 0 aliphatic carbocycles. The molecule has 2 rings (SSSR count). The summed E-state index contributed by atoms with van der Waals surface area (Å²) in [7, 11) is 0. The highest BCUT2D eigenvalue weighted by molar-refractivity contribution is 5.40. The van der Waals surface area contributed by atoms with Gasteiger partial charge in [0, 0.05) is 24.0 Å². The van der Waals surface area contributed by atoms with Crippen molar-refractivity contribution < 1.29 is 0 Å². The van der Waals surface area contributed by atoms with Gasteiger partial charge in [-0.15, -0.1) is 0 Å². The van der Waals surface area contributed by atoms with Gasteiger partial charge >= 0.3 is 0 Å². The van der Waals surface area contributed by atoms with E-state index >= 15 is 0 Å². The lowest BCUT2D eigenvalue weighted by Crippen LogP contribution is -2.44.